The molecule has 1 aromatic carbocycles. The highest BCUT2D eigenvalue weighted by Gasteiger charge is 2.11. The summed E-state index contributed by atoms with van der Waals surface area (Å²) in [4.78, 5) is 2.39. The molecule has 15 heavy (non-hydrogen) atoms. The van der Waals surface area contributed by atoms with Crippen LogP contribution in [0.1, 0.15) is 19.4 Å². The third kappa shape index (κ3) is 2.22. The van der Waals surface area contributed by atoms with Gasteiger partial charge in [0.25, 0.3) is 0 Å². The minimum absolute atomic E-state index is 0. The molecule has 1 aliphatic heterocycles. The fourth-order valence-electron chi connectivity index (χ4n) is 2.06. The highest BCUT2D eigenvalue weighted by Crippen LogP contribution is 2.29. The van der Waals surface area contributed by atoms with Crippen molar-refractivity contribution in [1.82, 2.24) is 0 Å². The molecule has 0 atom stereocenters. The topological polar surface area (TPSA) is 15.3 Å². The zero-order chi connectivity index (χ0) is 9.97. The predicted octanol–water partition coefficient (Wildman–Crippen LogP) is 2.65. The number of hydrogen-bond acceptors (Lipinski definition) is 2. The van der Waals surface area contributed by atoms with Crippen LogP contribution in [0, 0.1) is 0 Å². The molecule has 0 aromatic heterocycles. The third-order valence-corrected chi connectivity index (χ3v) is 2.89. The molecule has 0 spiro atoms. The summed E-state index contributed by atoms with van der Waals surface area (Å²) in [5.41, 5.74) is 4.10. The van der Waals surface area contributed by atoms with E-state index in [1.807, 2.05) is 0 Å². The van der Waals surface area contributed by atoms with Crippen molar-refractivity contribution in [1.29, 1.82) is 0 Å². The lowest BCUT2D eigenvalue weighted by Gasteiger charge is -2.27. The van der Waals surface area contributed by atoms with Gasteiger partial charge in [0.05, 0.1) is 11.4 Å². The Morgan fingerprint density at radius 1 is 1.27 bits per heavy atom. The Hall–Kier alpha value is -1.25. The Balaban J connectivity index is 0.00000112. The number of nitrogens with zero attached hydrogens (tertiary/aromatic N) is 1. The molecule has 84 valence electrons. The second-order valence-corrected chi connectivity index (χ2v) is 3.70. The Kier molecular flexibility index (Phi) is 3.95. The van der Waals surface area contributed by atoms with Gasteiger partial charge in [0, 0.05) is 19.6 Å². The summed E-state index contributed by atoms with van der Waals surface area (Å²) >= 11 is 0. The van der Waals surface area contributed by atoms with E-state index < -0.39 is 0 Å². The van der Waals surface area contributed by atoms with E-state index in [2.05, 4.69) is 42.3 Å². The minimum Gasteiger partial charge on any atom is -0.383 e. The molecule has 1 heterocycles. The predicted molar refractivity (Wildman–Crippen MR) is 64.7 cm³/mol. The van der Waals surface area contributed by atoms with E-state index in [9.17, 15) is 0 Å². The molecule has 0 amide bonds. The lowest BCUT2D eigenvalue weighted by molar-refractivity contribution is 0.860. The van der Waals surface area contributed by atoms with Gasteiger partial charge in [0.15, 0.2) is 0 Å². The highest BCUT2D eigenvalue weighted by molar-refractivity contribution is 5.72. The number of benzene rings is 1. The van der Waals surface area contributed by atoms with Crippen LogP contribution in [0.5, 0.6) is 0 Å². The van der Waals surface area contributed by atoms with Crippen molar-refractivity contribution in [2.45, 2.75) is 20.3 Å². The van der Waals surface area contributed by atoms with Crippen LogP contribution in [-0.2, 0) is 6.42 Å². The van der Waals surface area contributed by atoms with Gasteiger partial charge in [0.2, 0.25) is 0 Å². The molecule has 0 unspecified atom stereocenters. The largest absolute Gasteiger partial charge is 0.383 e. The molecule has 0 radical (unpaired) electrons. The fraction of sp³-hybridized carbons (Fsp3) is 0.500. The van der Waals surface area contributed by atoms with E-state index >= 15 is 0 Å². The molecule has 2 bridgehead atoms. The van der Waals surface area contributed by atoms with Crippen LogP contribution in [0.3, 0.4) is 0 Å². The lowest BCUT2D eigenvalue weighted by Crippen LogP contribution is -2.24. The summed E-state index contributed by atoms with van der Waals surface area (Å²) in [7, 11) is 0. The van der Waals surface area contributed by atoms with Gasteiger partial charge in [-0.05, 0) is 38.0 Å². The monoisotopic (exact) mass is 210 g/mol. The highest BCUT2D eigenvalue weighted by atomic mass is 19.0. The number of rotatable bonds is 3. The van der Waals surface area contributed by atoms with Gasteiger partial charge in [-0.3, -0.25) is 4.70 Å². The van der Waals surface area contributed by atoms with E-state index in [1.54, 1.807) is 0 Å². The van der Waals surface area contributed by atoms with Crippen molar-refractivity contribution in [2.24, 2.45) is 0 Å². The van der Waals surface area contributed by atoms with Gasteiger partial charge in [-0.15, -0.1) is 0 Å². The molecule has 0 aliphatic carbocycles. The van der Waals surface area contributed by atoms with Gasteiger partial charge in [-0.25, -0.2) is 0 Å². The first-order chi connectivity index (χ1) is 6.85. The van der Waals surface area contributed by atoms with Gasteiger partial charge >= 0.3 is 0 Å². The Bertz CT molecular complexity index is 321. The van der Waals surface area contributed by atoms with E-state index in [4.69, 9.17) is 0 Å². The number of halogens is 1. The Labute approximate surface area is 90.7 Å². The Morgan fingerprint density at radius 2 is 2.00 bits per heavy atom. The zero-order valence-electron chi connectivity index (χ0n) is 9.42. The van der Waals surface area contributed by atoms with Crippen LogP contribution < -0.4 is 10.2 Å². The third-order valence-electron chi connectivity index (χ3n) is 2.89. The first-order valence-corrected chi connectivity index (χ1v) is 5.47. The molecular formula is C12H19FN2. The molecule has 0 fully saturated rings. The van der Waals surface area contributed by atoms with Crippen LogP contribution in [0.4, 0.5) is 16.1 Å². The second-order valence-electron chi connectivity index (χ2n) is 3.70. The van der Waals surface area contributed by atoms with Crippen molar-refractivity contribution >= 4 is 11.4 Å². The molecule has 2 nitrogen and oxygen atoms in total. The quantitative estimate of drug-likeness (QED) is 0.825. The summed E-state index contributed by atoms with van der Waals surface area (Å²) in [6, 6.07) is 6.76. The summed E-state index contributed by atoms with van der Waals surface area (Å²) in [5.74, 6) is 0. The van der Waals surface area contributed by atoms with Crippen LogP contribution in [0.15, 0.2) is 18.2 Å². The lowest BCUT2D eigenvalue weighted by atomic mass is 10.1. The van der Waals surface area contributed by atoms with Crippen molar-refractivity contribution in [2.75, 3.05) is 29.9 Å². The maximum absolute atomic E-state index is 3.46. The van der Waals surface area contributed by atoms with Crippen molar-refractivity contribution in [3.8, 4) is 0 Å². The molecule has 3 heteroatoms. The van der Waals surface area contributed by atoms with Gasteiger partial charge < -0.3 is 10.2 Å². The smallest absolute Gasteiger partial charge is 0.0602 e. The first-order valence-electron chi connectivity index (χ1n) is 5.47. The normalized spacial score (nSPS) is 12.7. The average molecular weight is 210 g/mol. The summed E-state index contributed by atoms with van der Waals surface area (Å²) < 4.78 is 0. The fourth-order valence-corrected chi connectivity index (χ4v) is 2.06. The molecule has 0 saturated carbocycles. The summed E-state index contributed by atoms with van der Waals surface area (Å²) in [5, 5.41) is 3.46. The van der Waals surface area contributed by atoms with Crippen LogP contribution >= 0.6 is 0 Å². The maximum Gasteiger partial charge on any atom is 0.0602 e. The van der Waals surface area contributed by atoms with E-state index in [0.29, 0.717) is 0 Å². The number of nitrogens with one attached hydrogen (secondary N) is 1. The van der Waals surface area contributed by atoms with E-state index in [1.165, 1.54) is 16.9 Å². The molecule has 1 N–H and O–H groups in total. The van der Waals surface area contributed by atoms with Crippen LogP contribution in [0.25, 0.3) is 0 Å². The van der Waals surface area contributed by atoms with Gasteiger partial charge in [-0.2, -0.15) is 0 Å². The maximum atomic E-state index is 3.46. The second kappa shape index (κ2) is 5.01. The average Bonchev–Trinajstić information content (AvgIpc) is 2.23. The van der Waals surface area contributed by atoms with Crippen LogP contribution in [-0.4, -0.2) is 19.6 Å². The zero-order valence-corrected chi connectivity index (χ0v) is 9.42. The molecule has 1 aromatic rings. The van der Waals surface area contributed by atoms with Gasteiger partial charge in [0.1, 0.15) is 0 Å². The van der Waals surface area contributed by atoms with Crippen molar-refractivity contribution < 1.29 is 4.70 Å². The number of anilines is 2. The molecule has 0 saturated heterocycles. The van der Waals surface area contributed by atoms with Crippen molar-refractivity contribution in [3.63, 3.8) is 0 Å². The minimum atomic E-state index is 0. The van der Waals surface area contributed by atoms with E-state index in [-0.39, 0.29) is 4.70 Å². The summed E-state index contributed by atoms with van der Waals surface area (Å²) in [6.07, 6.45) is 1.16. The Morgan fingerprint density at radius 3 is 2.67 bits per heavy atom. The molecular weight excluding hydrogens is 191 g/mol. The first kappa shape index (κ1) is 11.8. The number of hydrogen-bond donors (Lipinski definition) is 1. The number of fused-ring (bicyclic) bond motifs is 2. The SMILES string of the molecule is CCN(CC)c1ccc2cc1NCC2.F. The van der Waals surface area contributed by atoms with E-state index in [0.717, 1.165) is 26.1 Å². The van der Waals surface area contributed by atoms with Gasteiger partial charge in [-0.1, -0.05) is 6.07 Å². The molecule has 1 aliphatic rings. The molecule has 2 rings (SSSR count). The van der Waals surface area contributed by atoms with Crippen molar-refractivity contribution in [3.05, 3.63) is 23.8 Å². The standard InChI is InChI=1S/C12H18N2.FH/c1-3-14(4-2)12-6-5-10-7-8-13-11(12)9-10;/h5-6,9,13H,3-4,7-8H2,1-2H3;1H. The summed E-state index contributed by atoms with van der Waals surface area (Å²) in [6.45, 7) is 7.63. The van der Waals surface area contributed by atoms with Crippen LogP contribution in [0.2, 0.25) is 0 Å².